The zero-order valence-electron chi connectivity index (χ0n) is 15.2. The minimum Gasteiger partial charge on any atom is -0.497 e. The van der Waals surface area contributed by atoms with Gasteiger partial charge in [-0.05, 0) is 37.6 Å². The van der Waals surface area contributed by atoms with Gasteiger partial charge in [-0.3, -0.25) is 10.1 Å². The number of aryl methyl sites for hydroxylation is 2. The minimum absolute atomic E-state index is 0.0931. The van der Waals surface area contributed by atoms with Crippen LogP contribution in [-0.2, 0) is 0 Å². The van der Waals surface area contributed by atoms with Crippen LogP contribution < -0.4 is 15.4 Å². The molecule has 8 nitrogen and oxygen atoms in total. The van der Waals surface area contributed by atoms with E-state index in [4.69, 9.17) is 4.74 Å². The molecule has 0 atom stereocenters. The molecule has 0 bridgehead atoms. The van der Waals surface area contributed by atoms with Crippen molar-refractivity contribution in [2.24, 2.45) is 0 Å². The van der Waals surface area contributed by atoms with E-state index >= 15 is 0 Å². The number of nitrogens with one attached hydrogen (secondary N) is 2. The van der Waals surface area contributed by atoms with E-state index in [-0.39, 0.29) is 17.3 Å². The van der Waals surface area contributed by atoms with Gasteiger partial charge in [0.1, 0.15) is 12.1 Å². The van der Waals surface area contributed by atoms with E-state index in [2.05, 4.69) is 20.6 Å². The highest BCUT2D eigenvalue weighted by atomic mass is 16.6. The molecular weight excluding hydrogens is 346 g/mol. The lowest BCUT2D eigenvalue weighted by molar-refractivity contribution is -0.383. The van der Waals surface area contributed by atoms with Gasteiger partial charge < -0.3 is 15.4 Å². The number of nitrogens with zero attached hydrogens (tertiary/aromatic N) is 3. The summed E-state index contributed by atoms with van der Waals surface area (Å²) in [5.74, 6) is 0.841. The van der Waals surface area contributed by atoms with Crippen LogP contribution in [0.5, 0.6) is 5.75 Å². The average Bonchev–Trinajstić information content (AvgIpc) is 2.64. The molecule has 0 saturated carbocycles. The number of anilines is 4. The van der Waals surface area contributed by atoms with Crippen LogP contribution in [0, 0.1) is 24.0 Å². The fourth-order valence-corrected chi connectivity index (χ4v) is 2.65. The quantitative estimate of drug-likeness (QED) is 0.490. The van der Waals surface area contributed by atoms with Crippen molar-refractivity contribution in [3.63, 3.8) is 0 Å². The van der Waals surface area contributed by atoms with Crippen LogP contribution in [0.15, 0.2) is 48.8 Å². The first-order valence-electron chi connectivity index (χ1n) is 8.22. The largest absolute Gasteiger partial charge is 0.497 e. The van der Waals surface area contributed by atoms with Crippen molar-refractivity contribution in [2.75, 3.05) is 17.7 Å². The number of nitro groups is 1. The molecule has 3 rings (SSSR count). The molecule has 2 aromatic carbocycles. The number of benzene rings is 2. The molecule has 0 fully saturated rings. The molecule has 3 aromatic rings. The Labute approximate surface area is 156 Å². The van der Waals surface area contributed by atoms with Gasteiger partial charge >= 0.3 is 5.69 Å². The van der Waals surface area contributed by atoms with E-state index < -0.39 is 4.92 Å². The number of methoxy groups -OCH3 is 1. The maximum atomic E-state index is 11.7. The highest BCUT2D eigenvalue weighted by Crippen LogP contribution is 2.34. The van der Waals surface area contributed by atoms with Gasteiger partial charge in [0.25, 0.3) is 0 Å². The normalized spacial score (nSPS) is 10.3. The number of hydrogen-bond donors (Lipinski definition) is 2. The van der Waals surface area contributed by atoms with Crippen molar-refractivity contribution in [3.05, 3.63) is 70.0 Å². The van der Waals surface area contributed by atoms with E-state index in [9.17, 15) is 10.1 Å². The van der Waals surface area contributed by atoms with Crippen molar-refractivity contribution in [1.29, 1.82) is 0 Å². The maximum absolute atomic E-state index is 11.7. The molecule has 1 aromatic heterocycles. The highest BCUT2D eigenvalue weighted by molar-refractivity contribution is 5.77. The highest BCUT2D eigenvalue weighted by Gasteiger charge is 2.23. The first kappa shape index (κ1) is 18.1. The van der Waals surface area contributed by atoms with Gasteiger partial charge in [-0.1, -0.05) is 23.8 Å². The topological polar surface area (TPSA) is 102 Å². The molecule has 1 heterocycles. The first-order valence-corrected chi connectivity index (χ1v) is 8.22. The number of ether oxygens (including phenoxy) is 1. The Hall–Kier alpha value is -3.68. The summed E-state index contributed by atoms with van der Waals surface area (Å²) >= 11 is 0. The van der Waals surface area contributed by atoms with Crippen LogP contribution in [0.25, 0.3) is 0 Å². The van der Waals surface area contributed by atoms with E-state index in [1.807, 2.05) is 32.0 Å². The molecule has 27 heavy (non-hydrogen) atoms. The summed E-state index contributed by atoms with van der Waals surface area (Å²) in [6.07, 6.45) is 1.28. The van der Waals surface area contributed by atoms with Crippen molar-refractivity contribution in [1.82, 2.24) is 9.97 Å². The lowest BCUT2D eigenvalue weighted by atomic mass is 10.1. The smallest absolute Gasteiger partial charge is 0.353 e. The van der Waals surface area contributed by atoms with Crippen LogP contribution in [0.4, 0.5) is 28.7 Å². The molecule has 0 aliphatic heterocycles. The lowest BCUT2D eigenvalue weighted by Crippen LogP contribution is -2.06. The summed E-state index contributed by atoms with van der Waals surface area (Å²) in [5, 5.41) is 17.7. The second-order valence-electron chi connectivity index (χ2n) is 5.98. The summed E-state index contributed by atoms with van der Waals surface area (Å²) in [5.41, 5.74) is 3.20. The van der Waals surface area contributed by atoms with E-state index in [0.717, 1.165) is 16.8 Å². The molecule has 0 amide bonds. The Balaban J connectivity index is 1.98. The van der Waals surface area contributed by atoms with Crippen molar-refractivity contribution in [3.8, 4) is 5.75 Å². The lowest BCUT2D eigenvalue weighted by Gasteiger charge is -2.12. The maximum Gasteiger partial charge on any atom is 0.353 e. The SMILES string of the molecule is COc1cccc(Nc2ncnc(Nc3ccc(C)cc3C)c2[N+](=O)[O-])c1. The summed E-state index contributed by atoms with van der Waals surface area (Å²) < 4.78 is 5.18. The van der Waals surface area contributed by atoms with Gasteiger partial charge in [-0.25, -0.2) is 9.97 Å². The number of hydrogen-bond acceptors (Lipinski definition) is 7. The van der Waals surface area contributed by atoms with Crippen LogP contribution in [0.2, 0.25) is 0 Å². The van der Waals surface area contributed by atoms with Crippen LogP contribution in [-0.4, -0.2) is 22.0 Å². The van der Waals surface area contributed by atoms with Gasteiger partial charge in [0.15, 0.2) is 0 Å². The summed E-state index contributed by atoms with van der Waals surface area (Å²) in [6.45, 7) is 3.91. The second kappa shape index (κ2) is 7.69. The standard InChI is InChI=1S/C19H19N5O3/c1-12-7-8-16(13(2)9-12)23-19-17(24(25)26)18(20-11-21-19)22-14-5-4-6-15(10-14)27-3/h4-11H,1-3H3,(H2,20,21,22,23). The first-order chi connectivity index (χ1) is 13.0. The minimum atomic E-state index is -0.506. The molecular formula is C19H19N5O3. The molecule has 8 heteroatoms. The zero-order chi connectivity index (χ0) is 19.4. The van der Waals surface area contributed by atoms with Crippen molar-refractivity contribution < 1.29 is 9.66 Å². The number of rotatable bonds is 6. The third kappa shape index (κ3) is 4.12. The molecule has 0 aliphatic rings. The Morgan fingerprint density at radius 2 is 1.78 bits per heavy atom. The van der Waals surface area contributed by atoms with Crippen LogP contribution in [0.1, 0.15) is 11.1 Å². The monoisotopic (exact) mass is 365 g/mol. The van der Waals surface area contributed by atoms with Gasteiger partial charge in [-0.2, -0.15) is 0 Å². The van der Waals surface area contributed by atoms with Gasteiger partial charge in [0.2, 0.25) is 11.6 Å². The molecule has 0 unspecified atom stereocenters. The van der Waals surface area contributed by atoms with Crippen molar-refractivity contribution >= 4 is 28.7 Å². The summed E-state index contributed by atoms with van der Waals surface area (Å²) in [7, 11) is 1.55. The van der Waals surface area contributed by atoms with Gasteiger partial charge in [0.05, 0.1) is 12.0 Å². The Morgan fingerprint density at radius 3 is 2.44 bits per heavy atom. The van der Waals surface area contributed by atoms with Crippen LogP contribution >= 0.6 is 0 Å². The predicted molar refractivity (Wildman–Crippen MR) is 104 cm³/mol. The third-order valence-electron chi connectivity index (χ3n) is 3.97. The van der Waals surface area contributed by atoms with E-state index in [0.29, 0.717) is 11.4 Å². The third-order valence-corrected chi connectivity index (χ3v) is 3.97. The fourth-order valence-electron chi connectivity index (χ4n) is 2.65. The Kier molecular flexibility index (Phi) is 5.16. The van der Waals surface area contributed by atoms with Gasteiger partial charge in [-0.15, -0.1) is 0 Å². The molecule has 138 valence electrons. The molecule has 0 saturated heterocycles. The second-order valence-corrected chi connectivity index (χ2v) is 5.98. The number of aromatic nitrogens is 2. The summed E-state index contributed by atoms with van der Waals surface area (Å²) in [4.78, 5) is 19.3. The molecule has 0 spiro atoms. The summed E-state index contributed by atoms with van der Waals surface area (Å²) in [6, 6.07) is 12.8. The average molecular weight is 365 g/mol. The molecule has 0 radical (unpaired) electrons. The predicted octanol–water partition coefficient (Wildman–Crippen LogP) is 4.50. The van der Waals surface area contributed by atoms with E-state index in [1.165, 1.54) is 6.33 Å². The van der Waals surface area contributed by atoms with Gasteiger partial charge in [0, 0.05) is 17.4 Å². The van der Waals surface area contributed by atoms with Crippen LogP contribution in [0.3, 0.4) is 0 Å². The Morgan fingerprint density at radius 1 is 1.04 bits per heavy atom. The Bertz CT molecular complexity index is 991. The molecule has 2 N–H and O–H groups in total. The zero-order valence-corrected chi connectivity index (χ0v) is 15.2. The fraction of sp³-hybridized carbons (Fsp3) is 0.158. The van der Waals surface area contributed by atoms with Crippen molar-refractivity contribution in [2.45, 2.75) is 13.8 Å². The van der Waals surface area contributed by atoms with E-state index in [1.54, 1.807) is 31.4 Å². The molecule has 0 aliphatic carbocycles.